The second-order valence-electron chi connectivity index (χ2n) is 7.67. The number of ether oxygens (including phenoxy) is 1. The van der Waals surface area contributed by atoms with E-state index in [1.165, 1.54) is 12.1 Å². The van der Waals surface area contributed by atoms with Crippen molar-refractivity contribution < 1.29 is 22.7 Å². The van der Waals surface area contributed by atoms with Gasteiger partial charge in [-0.25, -0.2) is 0 Å². The number of hydrogen-bond acceptors (Lipinski definition) is 5. The summed E-state index contributed by atoms with van der Waals surface area (Å²) in [5.74, 6) is 4.12. The van der Waals surface area contributed by atoms with Gasteiger partial charge >= 0.3 is 12.1 Å². The lowest BCUT2D eigenvalue weighted by Gasteiger charge is -2.43. The monoisotopic (exact) mass is 447 g/mol. The molecule has 0 N–H and O–H groups in total. The highest BCUT2D eigenvalue weighted by Gasteiger charge is 2.45. The molecule has 0 atom stereocenters. The molecule has 2 heterocycles. The number of rotatable bonds is 5. The molecule has 2 aliphatic heterocycles. The normalized spacial score (nSPS) is 21.5. The molecule has 8 heteroatoms. The third kappa shape index (κ3) is 5.64. The molecular weight excluding hydrogens is 419 g/mol. The summed E-state index contributed by atoms with van der Waals surface area (Å²) < 4.78 is 45.8. The Morgan fingerprint density at radius 3 is 2.38 bits per heavy atom. The highest BCUT2D eigenvalue weighted by atomic mass is 32.2. The summed E-state index contributed by atoms with van der Waals surface area (Å²) in [5.41, 5.74) is -1.36. The molecule has 29 heavy (non-hydrogen) atoms. The molecule has 0 unspecified atom stereocenters. The van der Waals surface area contributed by atoms with Crippen LogP contribution in [0.3, 0.4) is 0 Å². The quantitative estimate of drug-likeness (QED) is 0.608. The lowest BCUT2D eigenvalue weighted by molar-refractivity contribution is -0.159. The number of esters is 1. The minimum Gasteiger partial charge on any atom is -0.466 e. The van der Waals surface area contributed by atoms with Crippen LogP contribution >= 0.6 is 23.5 Å². The van der Waals surface area contributed by atoms with Gasteiger partial charge < -0.3 is 4.74 Å². The predicted octanol–water partition coefficient (Wildman–Crippen LogP) is 4.74. The van der Waals surface area contributed by atoms with Crippen molar-refractivity contribution in [3.05, 3.63) is 35.4 Å². The maximum Gasteiger partial charge on any atom is 0.416 e. The Balaban J connectivity index is 1.79. The van der Waals surface area contributed by atoms with E-state index in [1.807, 2.05) is 23.5 Å². The summed E-state index contributed by atoms with van der Waals surface area (Å²) in [6, 6.07) is 6.07. The molecule has 2 aliphatic rings. The molecule has 0 saturated carbocycles. The van der Waals surface area contributed by atoms with E-state index >= 15 is 0 Å². The van der Waals surface area contributed by atoms with Crippen LogP contribution < -0.4 is 0 Å². The molecule has 0 radical (unpaired) electrons. The van der Waals surface area contributed by atoms with Crippen LogP contribution in [0.1, 0.15) is 30.9 Å². The zero-order chi connectivity index (χ0) is 20.9. The number of thioether (sulfide) groups is 2. The molecule has 2 saturated heterocycles. The van der Waals surface area contributed by atoms with E-state index in [-0.39, 0.29) is 24.6 Å². The van der Waals surface area contributed by atoms with Crippen molar-refractivity contribution in [2.75, 3.05) is 42.7 Å². The van der Waals surface area contributed by atoms with Crippen LogP contribution in [0.5, 0.6) is 0 Å². The lowest BCUT2D eigenvalue weighted by Crippen LogP contribution is -2.50. The molecule has 0 bridgehead atoms. The molecule has 3 rings (SSSR count). The number of carbonyl (C=O) groups is 1. The first-order chi connectivity index (χ1) is 13.9. The third-order valence-electron chi connectivity index (χ3n) is 5.82. The van der Waals surface area contributed by atoms with E-state index in [0.717, 1.165) is 42.2 Å². The fraction of sp³-hybridized carbons (Fsp3) is 0.667. The average molecular weight is 448 g/mol. The van der Waals surface area contributed by atoms with Gasteiger partial charge in [-0.1, -0.05) is 18.2 Å². The van der Waals surface area contributed by atoms with E-state index < -0.39 is 17.2 Å². The van der Waals surface area contributed by atoms with Crippen LogP contribution in [0.25, 0.3) is 0 Å². The second kappa shape index (κ2) is 9.96. The van der Waals surface area contributed by atoms with E-state index in [2.05, 4.69) is 4.90 Å². The predicted molar refractivity (Wildman–Crippen MR) is 113 cm³/mol. The van der Waals surface area contributed by atoms with Crippen LogP contribution in [0.15, 0.2) is 24.3 Å². The minimum atomic E-state index is -4.43. The molecule has 0 aliphatic carbocycles. The number of halogens is 3. The molecular formula is C21H28F3NO2S2. The summed E-state index contributed by atoms with van der Waals surface area (Å²) in [7, 11) is 0. The standard InChI is InChI=1S/C21H28F3NO2S2/c1-2-27-19(26)20(13-16-5-3-4-6-18(16)21(22,23)24)7-9-25(10-8-20)17-14-28-11-12-29-15-17/h3-6,17H,2,7-15H2,1H3. The first-order valence-electron chi connectivity index (χ1n) is 10.1. The Morgan fingerprint density at radius 2 is 1.79 bits per heavy atom. The highest BCUT2D eigenvalue weighted by molar-refractivity contribution is 8.03. The second-order valence-corrected chi connectivity index (χ2v) is 9.97. The summed E-state index contributed by atoms with van der Waals surface area (Å²) in [5, 5.41) is 0. The van der Waals surface area contributed by atoms with Crippen molar-refractivity contribution in [1.82, 2.24) is 4.90 Å². The Bertz CT molecular complexity index is 683. The number of likely N-dealkylation sites (tertiary alicyclic amines) is 1. The van der Waals surface area contributed by atoms with E-state index in [0.29, 0.717) is 18.9 Å². The maximum absolute atomic E-state index is 13.5. The Morgan fingerprint density at radius 1 is 1.17 bits per heavy atom. The molecule has 162 valence electrons. The number of hydrogen-bond donors (Lipinski definition) is 0. The van der Waals surface area contributed by atoms with Gasteiger partial charge in [0.15, 0.2) is 0 Å². The Hall–Kier alpha value is -0.860. The first-order valence-corrected chi connectivity index (χ1v) is 12.4. The minimum absolute atomic E-state index is 0.0729. The van der Waals surface area contributed by atoms with Crippen molar-refractivity contribution in [3.63, 3.8) is 0 Å². The van der Waals surface area contributed by atoms with Gasteiger partial charge in [-0.15, -0.1) is 0 Å². The van der Waals surface area contributed by atoms with Gasteiger partial charge in [0, 0.05) is 29.1 Å². The molecule has 0 amide bonds. The van der Waals surface area contributed by atoms with Gasteiger partial charge in [0.05, 0.1) is 17.6 Å². The van der Waals surface area contributed by atoms with E-state index in [1.54, 1.807) is 13.0 Å². The lowest BCUT2D eigenvalue weighted by atomic mass is 9.73. The smallest absolute Gasteiger partial charge is 0.416 e. The van der Waals surface area contributed by atoms with Gasteiger partial charge in [0.1, 0.15) is 0 Å². The van der Waals surface area contributed by atoms with Crippen molar-refractivity contribution in [3.8, 4) is 0 Å². The van der Waals surface area contributed by atoms with E-state index in [4.69, 9.17) is 4.74 Å². The number of benzene rings is 1. The third-order valence-corrected chi connectivity index (χ3v) is 8.31. The summed E-state index contributed by atoms with van der Waals surface area (Å²) in [6.07, 6.45) is -3.29. The summed E-state index contributed by atoms with van der Waals surface area (Å²) >= 11 is 3.92. The largest absolute Gasteiger partial charge is 0.466 e. The number of carbonyl (C=O) groups excluding carboxylic acids is 1. The van der Waals surface area contributed by atoms with Gasteiger partial charge in [0.25, 0.3) is 0 Å². The summed E-state index contributed by atoms with van der Waals surface area (Å²) in [4.78, 5) is 15.3. The zero-order valence-corrected chi connectivity index (χ0v) is 18.3. The van der Waals surface area contributed by atoms with Gasteiger partial charge in [-0.05, 0) is 50.9 Å². The van der Waals surface area contributed by atoms with Crippen LogP contribution in [0.4, 0.5) is 13.2 Å². The van der Waals surface area contributed by atoms with Crippen molar-refractivity contribution in [2.24, 2.45) is 5.41 Å². The van der Waals surface area contributed by atoms with Crippen molar-refractivity contribution in [1.29, 1.82) is 0 Å². The topological polar surface area (TPSA) is 29.5 Å². The highest BCUT2D eigenvalue weighted by Crippen LogP contribution is 2.41. The van der Waals surface area contributed by atoms with Crippen molar-refractivity contribution in [2.45, 2.75) is 38.4 Å². The number of piperidine rings is 1. The molecule has 0 aromatic heterocycles. The van der Waals surface area contributed by atoms with Gasteiger partial charge in [-0.3, -0.25) is 9.69 Å². The molecule has 3 nitrogen and oxygen atoms in total. The number of nitrogens with zero attached hydrogens (tertiary/aromatic N) is 1. The van der Waals surface area contributed by atoms with E-state index in [9.17, 15) is 18.0 Å². The summed E-state index contributed by atoms with van der Waals surface area (Å²) in [6.45, 7) is 3.42. The first kappa shape index (κ1) is 22.8. The van der Waals surface area contributed by atoms with Crippen LogP contribution in [0, 0.1) is 5.41 Å². The van der Waals surface area contributed by atoms with Crippen LogP contribution in [-0.4, -0.2) is 59.6 Å². The average Bonchev–Trinajstić information content (AvgIpc) is 2.98. The van der Waals surface area contributed by atoms with Gasteiger partial charge in [0.2, 0.25) is 0 Å². The van der Waals surface area contributed by atoms with Gasteiger partial charge in [-0.2, -0.15) is 36.7 Å². The maximum atomic E-state index is 13.5. The zero-order valence-electron chi connectivity index (χ0n) is 16.7. The van der Waals surface area contributed by atoms with Crippen LogP contribution in [0.2, 0.25) is 0 Å². The van der Waals surface area contributed by atoms with Crippen LogP contribution in [-0.2, 0) is 22.1 Å². The fourth-order valence-corrected chi connectivity index (χ4v) is 6.81. The Labute approximate surface area is 179 Å². The Kier molecular flexibility index (Phi) is 7.84. The SMILES string of the molecule is CCOC(=O)C1(Cc2ccccc2C(F)(F)F)CCN(C2CSCCSC2)CC1. The molecule has 2 fully saturated rings. The fourth-order valence-electron chi connectivity index (χ4n) is 4.19. The molecule has 1 aromatic carbocycles. The number of alkyl halides is 3. The molecule has 1 aromatic rings. The van der Waals surface area contributed by atoms with Crippen molar-refractivity contribution >= 4 is 29.5 Å². The molecule has 0 spiro atoms.